The molecule has 0 aliphatic carbocycles. The molecule has 1 N–H and O–H groups in total. The number of benzene rings is 3. The van der Waals surface area contributed by atoms with Crippen molar-refractivity contribution in [2.45, 2.75) is 36.6 Å². The van der Waals surface area contributed by atoms with Gasteiger partial charge in [0.15, 0.2) is 0 Å². The lowest BCUT2D eigenvalue weighted by molar-refractivity contribution is -0.135. The molecule has 1 aliphatic heterocycles. The fourth-order valence-corrected chi connectivity index (χ4v) is 5.12. The fraction of sp³-hybridized carbons (Fsp3) is 0.231. The SMILES string of the molecule is CC1(C(=O)NS(=O)(=O)c2ccccc2)CCN1C(=O)c1ccccc1CCc1ccccc1. The maximum Gasteiger partial charge on any atom is 0.264 e. The van der Waals surface area contributed by atoms with Gasteiger partial charge in [0.1, 0.15) is 5.54 Å². The zero-order chi connectivity index (χ0) is 23.5. The molecule has 1 fully saturated rings. The first kappa shape index (κ1) is 22.7. The van der Waals surface area contributed by atoms with Gasteiger partial charge in [0.05, 0.1) is 4.90 Å². The van der Waals surface area contributed by atoms with E-state index in [-0.39, 0.29) is 10.8 Å². The second-order valence-electron chi connectivity index (χ2n) is 8.37. The summed E-state index contributed by atoms with van der Waals surface area (Å²) in [6, 6.07) is 25.1. The predicted molar refractivity (Wildman–Crippen MR) is 126 cm³/mol. The number of carbonyl (C=O) groups excluding carboxylic acids is 2. The van der Waals surface area contributed by atoms with Crippen LogP contribution in [0.5, 0.6) is 0 Å². The van der Waals surface area contributed by atoms with E-state index in [4.69, 9.17) is 0 Å². The molecule has 1 unspecified atom stereocenters. The summed E-state index contributed by atoms with van der Waals surface area (Å²) in [5.74, 6) is -0.965. The van der Waals surface area contributed by atoms with Crippen LogP contribution < -0.4 is 4.72 Å². The van der Waals surface area contributed by atoms with Crippen LogP contribution in [-0.2, 0) is 27.7 Å². The Morgan fingerprint density at radius 2 is 1.48 bits per heavy atom. The Bertz CT molecular complexity index is 1260. The molecule has 4 rings (SSSR count). The van der Waals surface area contributed by atoms with Crippen LogP contribution in [0.3, 0.4) is 0 Å². The molecule has 7 heteroatoms. The van der Waals surface area contributed by atoms with Gasteiger partial charge in [-0.15, -0.1) is 0 Å². The molecule has 170 valence electrons. The zero-order valence-electron chi connectivity index (χ0n) is 18.4. The van der Waals surface area contributed by atoms with Gasteiger partial charge < -0.3 is 4.90 Å². The Hall–Kier alpha value is -3.45. The molecule has 6 nitrogen and oxygen atoms in total. The minimum absolute atomic E-state index is 0.00501. The first-order valence-corrected chi connectivity index (χ1v) is 12.4. The molecule has 1 heterocycles. The average Bonchev–Trinajstić information content (AvgIpc) is 2.82. The molecule has 0 spiro atoms. The Kier molecular flexibility index (Phi) is 6.33. The zero-order valence-corrected chi connectivity index (χ0v) is 19.2. The molecule has 0 radical (unpaired) electrons. The molecule has 0 bridgehead atoms. The van der Waals surface area contributed by atoms with Crippen molar-refractivity contribution < 1.29 is 18.0 Å². The Morgan fingerprint density at radius 1 is 0.879 bits per heavy atom. The molecular formula is C26H26N2O4S. The Balaban J connectivity index is 1.51. The van der Waals surface area contributed by atoms with Crippen LogP contribution in [0.1, 0.15) is 34.8 Å². The lowest BCUT2D eigenvalue weighted by Gasteiger charge is -2.49. The summed E-state index contributed by atoms with van der Waals surface area (Å²) < 4.78 is 27.4. The number of aryl methyl sites for hydroxylation is 2. The van der Waals surface area contributed by atoms with Gasteiger partial charge in [-0.1, -0.05) is 66.7 Å². The van der Waals surface area contributed by atoms with Gasteiger partial charge in [-0.3, -0.25) is 9.59 Å². The third-order valence-electron chi connectivity index (χ3n) is 6.21. The first-order valence-electron chi connectivity index (χ1n) is 10.9. The predicted octanol–water partition coefficient (Wildman–Crippen LogP) is 3.58. The molecule has 33 heavy (non-hydrogen) atoms. The molecule has 1 saturated heterocycles. The van der Waals surface area contributed by atoms with E-state index in [9.17, 15) is 18.0 Å². The summed E-state index contributed by atoms with van der Waals surface area (Å²) >= 11 is 0. The topological polar surface area (TPSA) is 83.6 Å². The lowest BCUT2D eigenvalue weighted by Crippen LogP contribution is -2.67. The number of sulfonamides is 1. The van der Waals surface area contributed by atoms with E-state index in [0.717, 1.165) is 12.0 Å². The first-order chi connectivity index (χ1) is 15.8. The van der Waals surface area contributed by atoms with Crippen molar-refractivity contribution in [3.8, 4) is 0 Å². The number of hydrogen-bond donors (Lipinski definition) is 1. The molecule has 0 aromatic heterocycles. The Labute approximate surface area is 194 Å². The van der Waals surface area contributed by atoms with Gasteiger partial charge in [-0.05, 0) is 55.5 Å². The molecule has 1 atom stereocenters. The summed E-state index contributed by atoms with van der Waals surface area (Å²) in [4.78, 5) is 27.9. The van der Waals surface area contributed by atoms with E-state index >= 15 is 0 Å². The van der Waals surface area contributed by atoms with E-state index in [0.29, 0.717) is 24.9 Å². The van der Waals surface area contributed by atoms with Crippen molar-refractivity contribution in [3.05, 3.63) is 102 Å². The lowest BCUT2D eigenvalue weighted by atomic mass is 9.84. The van der Waals surface area contributed by atoms with E-state index < -0.39 is 21.5 Å². The van der Waals surface area contributed by atoms with Crippen LogP contribution in [0.4, 0.5) is 0 Å². The standard InChI is InChI=1S/C26H26N2O4S/c1-26(25(30)27-33(31,32)22-13-6-3-7-14-22)18-19-28(26)24(29)23-15-9-8-12-21(23)17-16-20-10-4-2-5-11-20/h2-15H,16-19H2,1H3,(H,27,30). The van der Waals surface area contributed by atoms with E-state index in [1.54, 1.807) is 37.3 Å². The van der Waals surface area contributed by atoms with Gasteiger partial charge in [0.25, 0.3) is 21.8 Å². The quantitative estimate of drug-likeness (QED) is 0.582. The van der Waals surface area contributed by atoms with Crippen molar-refractivity contribution >= 4 is 21.8 Å². The molecule has 3 aromatic rings. The summed E-state index contributed by atoms with van der Waals surface area (Å²) in [7, 11) is -4.02. The highest BCUT2D eigenvalue weighted by Gasteiger charge is 2.50. The maximum atomic E-state index is 13.4. The van der Waals surface area contributed by atoms with Crippen LogP contribution >= 0.6 is 0 Å². The number of carbonyl (C=O) groups is 2. The van der Waals surface area contributed by atoms with E-state index in [1.165, 1.54) is 22.6 Å². The Morgan fingerprint density at radius 3 is 2.12 bits per heavy atom. The summed E-state index contributed by atoms with van der Waals surface area (Å²) in [6.45, 7) is 2.00. The number of nitrogens with zero attached hydrogens (tertiary/aromatic N) is 1. The third kappa shape index (κ3) is 4.68. The van der Waals surface area contributed by atoms with Crippen molar-refractivity contribution in [1.29, 1.82) is 0 Å². The molecule has 2 amide bonds. The molecule has 1 aliphatic rings. The fourth-order valence-electron chi connectivity index (χ4n) is 4.03. The van der Waals surface area contributed by atoms with Gasteiger partial charge in [-0.25, -0.2) is 13.1 Å². The molecule has 3 aromatic carbocycles. The van der Waals surface area contributed by atoms with Gasteiger partial charge in [-0.2, -0.15) is 0 Å². The van der Waals surface area contributed by atoms with Crippen molar-refractivity contribution in [1.82, 2.24) is 9.62 Å². The minimum Gasteiger partial charge on any atom is -0.324 e. The molecular weight excluding hydrogens is 436 g/mol. The highest BCUT2D eigenvalue weighted by atomic mass is 32.2. The van der Waals surface area contributed by atoms with Crippen LogP contribution in [-0.4, -0.2) is 37.2 Å². The van der Waals surface area contributed by atoms with Crippen LogP contribution in [0, 0.1) is 0 Å². The van der Waals surface area contributed by atoms with Gasteiger partial charge in [0, 0.05) is 12.1 Å². The number of amides is 2. The van der Waals surface area contributed by atoms with Crippen LogP contribution in [0.25, 0.3) is 0 Å². The van der Waals surface area contributed by atoms with Crippen LogP contribution in [0.2, 0.25) is 0 Å². The number of nitrogens with one attached hydrogen (secondary N) is 1. The van der Waals surface area contributed by atoms with E-state index in [1.807, 2.05) is 30.3 Å². The second kappa shape index (κ2) is 9.19. The largest absolute Gasteiger partial charge is 0.324 e. The average molecular weight is 463 g/mol. The van der Waals surface area contributed by atoms with Crippen molar-refractivity contribution in [2.24, 2.45) is 0 Å². The van der Waals surface area contributed by atoms with Crippen molar-refractivity contribution in [3.63, 3.8) is 0 Å². The highest BCUT2D eigenvalue weighted by Crippen LogP contribution is 2.33. The second-order valence-corrected chi connectivity index (χ2v) is 10.1. The highest BCUT2D eigenvalue weighted by molar-refractivity contribution is 7.90. The van der Waals surface area contributed by atoms with E-state index in [2.05, 4.69) is 16.9 Å². The van der Waals surface area contributed by atoms with Crippen molar-refractivity contribution in [2.75, 3.05) is 6.54 Å². The summed E-state index contributed by atoms with van der Waals surface area (Å²) in [5.41, 5.74) is 1.39. The van der Waals surface area contributed by atoms with Gasteiger partial charge >= 0.3 is 0 Å². The van der Waals surface area contributed by atoms with Crippen LogP contribution in [0.15, 0.2) is 89.8 Å². The number of hydrogen-bond acceptors (Lipinski definition) is 4. The normalized spacial score (nSPS) is 17.8. The summed E-state index contributed by atoms with van der Waals surface area (Å²) in [5, 5.41) is 0. The monoisotopic (exact) mass is 462 g/mol. The smallest absolute Gasteiger partial charge is 0.264 e. The third-order valence-corrected chi connectivity index (χ3v) is 7.55. The van der Waals surface area contributed by atoms with Gasteiger partial charge in [0.2, 0.25) is 0 Å². The summed E-state index contributed by atoms with van der Waals surface area (Å²) in [6.07, 6.45) is 1.87. The maximum absolute atomic E-state index is 13.4. The minimum atomic E-state index is -4.02. The number of rotatable bonds is 7. The molecule has 0 saturated carbocycles. The number of likely N-dealkylation sites (tertiary alicyclic amines) is 1.